The summed E-state index contributed by atoms with van der Waals surface area (Å²) in [4.78, 5) is 12.5. The lowest BCUT2D eigenvalue weighted by Crippen LogP contribution is -2.12. The van der Waals surface area contributed by atoms with Gasteiger partial charge >= 0.3 is 0 Å². The molecule has 3 aromatic rings. The van der Waals surface area contributed by atoms with Crippen LogP contribution in [0.4, 0.5) is 5.69 Å². The summed E-state index contributed by atoms with van der Waals surface area (Å²) < 4.78 is 17.5. The molecule has 0 unspecified atom stereocenters. The number of anilines is 1. The summed E-state index contributed by atoms with van der Waals surface area (Å²) in [5, 5.41) is 7.53. The molecule has 0 saturated heterocycles. The van der Waals surface area contributed by atoms with Crippen molar-refractivity contribution in [2.75, 3.05) is 19.5 Å². The minimum atomic E-state index is -0.303. The fraction of sp³-hybridized carbons (Fsp3) is 0.158. The average Bonchev–Trinajstić information content (AvgIpc) is 3.13. The normalized spacial score (nSPS) is 10.3. The van der Waals surface area contributed by atoms with Crippen LogP contribution in [0.25, 0.3) is 0 Å². The van der Waals surface area contributed by atoms with Crippen molar-refractivity contribution in [3.63, 3.8) is 0 Å². The van der Waals surface area contributed by atoms with Gasteiger partial charge in [-0.05, 0) is 30.3 Å². The minimum Gasteiger partial charge on any atom is -0.497 e. The summed E-state index contributed by atoms with van der Waals surface area (Å²) in [5.41, 5.74) is 0.950. The van der Waals surface area contributed by atoms with Gasteiger partial charge in [0.05, 0.1) is 32.3 Å². The molecule has 1 aromatic heterocycles. The molecular weight excluding hydrogens is 370 g/mol. The number of amides is 1. The van der Waals surface area contributed by atoms with E-state index in [0.29, 0.717) is 33.5 Å². The van der Waals surface area contributed by atoms with Crippen LogP contribution in [0.5, 0.6) is 17.2 Å². The average molecular weight is 388 g/mol. The second-order valence-electron chi connectivity index (χ2n) is 5.55. The Kier molecular flexibility index (Phi) is 5.83. The molecule has 0 atom stereocenters. The monoisotopic (exact) mass is 387 g/mol. The fourth-order valence-corrected chi connectivity index (χ4v) is 2.52. The smallest absolute Gasteiger partial charge is 0.256 e. The van der Waals surface area contributed by atoms with Crippen molar-refractivity contribution < 1.29 is 19.0 Å². The minimum absolute atomic E-state index is 0.184. The maximum Gasteiger partial charge on any atom is 0.256 e. The van der Waals surface area contributed by atoms with E-state index in [9.17, 15) is 4.79 Å². The third-order valence-electron chi connectivity index (χ3n) is 3.66. The van der Waals surface area contributed by atoms with Crippen LogP contribution in [0.2, 0.25) is 5.02 Å². The molecule has 2 aromatic carbocycles. The second kappa shape index (κ2) is 8.46. The van der Waals surface area contributed by atoms with E-state index in [4.69, 9.17) is 25.8 Å². The SMILES string of the molecule is COc1cc(OC)cc(C(=O)Nc2cnn(COc3cccc(Cl)c3)c2)c1. The zero-order chi connectivity index (χ0) is 19.2. The molecule has 1 amide bonds. The number of carbonyl (C=O) groups excluding carboxylic acids is 1. The number of aromatic nitrogens is 2. The van der Waals surface area contributed by atoms with Crippen molar-refractivity contribution >= 4 is 23.2 Å². The number of halogens is 1. The zero-order valence-electron chi connectivity index (χ0n) is 14.8. The van der Waals surface area contributed by atoms with Crippen LogP contribution in [-0.2, 0) is 6.73 Å². The highest BCUT2D eigenvalue weighted by Gasteiger charge is 2.11. The standard InChI is InChI=1S/C19H18ClN3O4/c1-25-17-6-13(7-18(9-17)26-2)19(24)22-15-10-21-23(11-15)12-27-16-5-3-4-14(20)8-16/h3-11H,12H2,1-2H3,(H,22,24). The van der Waals surface area contributed by atoms with Gasteiger partial charge in [0.25, 0.3) is 5.91 Å². The summed E-state index contributed by atoms with van der Waals surface area (Å²) in [6.07, 6.45) is 3.20. The van der Waals surface area contributed by atoms with Crippen molar-refractivity contribution in [1.82, 2.24) is 9.78 Å². The Morgan fingerprint density at radius 3 is 2.52 bits per heavy atom. The summed E-state index contributed by atoms with van der Waals surface area (Å²) in [6, 6.07) is 12.0. The Morgan fingerprint density at radius 1 is 1.11 bits per heavy atom. The van der Waals surface area contributed by atoms with Crippen molar-refractivity contribution in [2.45, 2.75) is 6.73 Å². The third kappa shape index (κ3) is 4.92. The van der Waals surface area contributed by atoms with Gasteiger partial charge in [0.1, 0.15) is 17.2 Å². The van der Waals surface area contributed by atoms with Crippen LogP contribution < -0.4 is 19.5 Å². The topological polar surface area (TPSA) is 74.6 Å². The first-order chi connectivity index (χ1) is 13.1. The molecule has 0 aliphatic rings. The lowest BCUT2D eigenvalue weighted by atomic mass is 10.2. The number of hydrogen-bond acceptors (Lipinski definition) is 5. The highest BCUT2D eigenvalue weighted by Crippen LogP contribution is 2.23. The zero-order valence-corrected chi connectivity index (χ0v) is 15.6. The maximum atomic E-state index is 12.5. The van der Waals surface area contributed by atoms with E-state index in [1.54, 1.807) is 53.3 Å². The van der Waals surface area contributed by atoms with E-state index in [0.717, 1.165) is 0 Å². The van der Waals surface area contributed by atoms with E-state index in [1.807, 2.05) is 0 Å². The summed E-state index contributed by atoms with van der Waals surface area (Å²) >= 11 is 5.92. The van der Waals surface area contributed by atoms with Crippen molar-refractivity contribution in [2.24, 2.45) is 0 Å². The van der Waals surface area contributed by atoms with Gasteiger partial charge in [-0.3, -0.25) is 4.79 Å². The van der Waals surface area contributed by atoms with Gasteiger partial charge in [0, 0.05) is 16.7 Å². The molecule has 1 N–H and O–H groups in total. The number of hydrogen-bond donors (Lipinski definition) is 1. The summed E-state index contributed by atoms with van der Waals surface area (Å²) in [5.74, 6) is 1.39. The van der Waals surface area contributed by atoms with Gasteiger partial charge in [-0.2, -0.15) is 5.10 Å². The molecule has 0 aliphatic carbocycles. The van der Waals surface area contributed by atoms with Crippen LogP contribution in [0.1, 0.15) is 10.4 Å². The number of rotatable bonds is 7. The van der Waals surface area contributed by atoms with E-state index in [1.165, 1.54) is 20.4 Å². The molecule has 0 fully saturated rings. The predicted octanol–water partition coefficient (Wildman–Crippen LogP) is 3.84. The highest BCUT2D eigenvalue weighted by atomic mass is 35.5. The molecule has 0 radical (unpaired) electrons. The van der Waals surface area contributed by atoms with Gasteiger partial charge in [-0.15, -0.1) is 0 Å². The molecule has 0 aliphatic heterocycles. The molecule has 1 heterocycles. The molecule has 0 saturated carbocycles. The van der Waals surface area contributed by atoms with Gasteiger partial charge < -0.3 is 19.5 Å². The molecule has 0 bridgehead atoms. The second-order valence-corrected chi connectivity index (χ2v) is 5.99. The highest BCUT2D eigenvalue weighted by molar-refractivity contribution is 6.30. The number of nitrogens with one attached hydrogen (secondary N) is 1. The summed E-state index contributed by atoms with van der Waals surface area (Å²) in [7, 11) is 3.06. The first kappa shape index (κ1) is 18.6. The molecular formula is C19H18ClN3O4. The van der Waals surface area contributed by atoms with Crippen molar-refractivity contribution in [3.05, 3.63) is 65.4 Å². The number of ether oxygens (including phenoxy) is 3. The Bertz CT molecular complexity index is 920. The molecule has 3 rings (SSSR count). The lowest BCUT2D eigenvalue weighted by molar-refractivity contribution is 0.102. The van der Waals surface area contributed by atoms with E-state index < -0.39 is 0 Å². The molecule has 27 heavy (non-hydrogen) atoms. The fourth-order valence-electron chi connectivity index (χ4n) is 2.34. The van der Waals surface area contributed by atoms with Gasteiger partial charge in [-0.1, -0.05) is 17.7 Å². The lowest BCUT2D eigenvalue weighted by Gasteiger charge is -2.08. The Hall–Kier alpha value is -3.19. The van der Waals surface area contributed by atoms with Crippen molar-refractivity contribution in [3.8, 4) is 17.2 Å². The number of nitrogens with zero attached hydrogens (tertiary/aromatic N) is 2. The molecule has 0 spiro atoms. The Balaban J connectivity index is 1.64. The summed E-state index contributed by atoms with van der Waals surface area (Å²) in [6.45, 7) is 0.184. The maximum absolute atomic E-state index is 12.5. The Morgan fingerprint density at radius 2 is 1.85 bits per heavy atom. The number of benzene rings is 2. The number of methoxy groups -OCH3 is 2. The van der Waals surface area contributed by atoms with Gasteiger partial charge in [-0.25, -0.2) is 4.68 Å². The first-order valence-corrected chi connectivity index (χ1v) is 8.40. The third-order valence-corrected chi connectivity index (χ3v) is 3.90. The van der Waals surface area contributed by atoms with E-state index >= 15 is 0 Å². The van der Waals surface area contributed by atoms with Crippen LogP contribution in [0.3, 0.4) is 0 Å². The van der Waals surface area contributed by atoms with E-state index in [2.05, 4.69) is 10.4 Å². The van der Waals surface area contributed by atoms with Gasteiger partial charge in [0.2, 0.25) is 0 Å². The van der Waals surface area contributed by atoms with Crippen LogP contribution in [0.15, 0.2) is 54.9 Å². The largest absolute Gasteiger partial charge is 0.497 e. The predicted molar refractivity (Wildman–Crippen MR) is 102 cm³/mol. The van der Waals surface area contributed by atoms with Gasteiger partial charge in [0.15, 0.2) is 6.73 Å². The molecule has 8 heteroatoms. The van der Waals surface area contributed by atoms with Crippen LogP contribution >= 0.6 is 11.6 Å². The number of carbonyl (C=O) groups is 1. The molecule has 140 valence electrons. The van der Waals surface area contributed by atoms with Crippen LogP contribution in [-0.4, -0.2) is 29.9 Å². The van der Waals surface area contributed by atoms with Crippen molar-refractivity contribution in [1.29, 1.82) is 0 Å². The first-order valence-electron chi connectivity index (χ1n) is 8.02. The Labute approximate surface area is 161 Å². The van der Waals surface area contributed by atoms with E-state index in [-0.39, 0.29) is 12.6 Å². The quantitative estimate of drug-likeness (QED) is 0.666. The van der Waals surface area contributed by atoms with Crippen LogP contribution in [0, 0.1) is 0 Å². The molecule has 7 nitrogen and oxygen atoms in total.